The van der Waals surface area contributed by atoms with Gasteiger partial charge < -0.3 is 5.32 Å². The van der Waals surface area contributed by atoms with Crippen LogP contribution in [0.1, 0.15) is 44.7 Å². The molecule has 0 saturated carbocycles. The maximum absolute atomic E-state index is 12.5. The second kappa shape index (κ2) is 8.00. The summed E-state index contributed by atoms with van der Waals surface area (Å²) >= 11 is 1.62. The van der Waals surface area contributed by atoms with Gasteiger partial charge in [0.1, 0.15) is 0 Å². The number of thiophene rings is 1. The number of carbonyl (C=O) groups is 1. The third kappa shape index (κ3) is 4.80. The van der Waals surface area contributed by atoms with Gasteiger partial charge in [-0.25, -0.2) is 0 Å². The number of benzene rings is 1. The second-order valence-corrected chi connectivity index (χ2v) is 8.40. The van der Waals surface area contributed by atoms with E-state index >= 15 is 0 Å². The third-order valence-corrected chi connectivity index (χ3v) is 5.20. The Morgan fingerprint density at radius 2 is 1.96 bits per heavy atom. The molecule has 3 rings (SSSR count). The average Bonchev–Trinajstić information content (AvgIpc) is 3.31. The molecule has 1 N–H and O–H groups in total. The lowest BCUT2D eigenvalue weighted by molar-refractivity contribution is -0.130. The zero-order valence-corrected chi connectivity index (χ0v) is 17.0. The van der Waals surface area contributed by atoms with Crippen molar-refractivity contribution in [2.75, 3.05) is 0 Å². The molecule has 0 spiro atoms. The van der Waals surface area contributed by atoms with E-state index in [0.717, 1.165) is 11.1 Å². The van der Waals surface area contributed by atoms with Crippen LogP contribution in [0.3, 0.4) is 0 Å². The monoisotopic (exact) mass is 383 g/mol. The minimum Gasteiger partial charge on any atom is -0.351 e. The summed E-state index contributed by atoms with van der Waals surface area (Å²) in [6.45, 7) is 8.99. The lowest BCUT2D eigenvalue weighted by atomic mass is 9.92. The fourth-order valence-electron chi connectivity index (χ4n) is 2.68. The van der Waals surface area contributed by atoms with Crippen molar-refractivity contribution in [2.45, 2.75) is 46.7 Å². The summed E-state index contributed by atoms with van der Waals surface area (Å²) in [6, 6.07) is 10.2. The van der Waals surface area contributed by atoms with Gasteiger partial charge in [0.2, 0.25) is 11.7 Å². The number of amides is 1. The topological polar surface area (TPSA) is 72.7 Å². The molecule has 0 atom stereocenters. The lowest BCUT2D eigenvalue weighted by Crippen LogP contribution is -2.39. The molecule has 0 aliphatic rings. The summed E-state index contributed by atoms with van der Waals surface area (Å²) in [5.41, 5.74) is 2.66. The number of nitrogens with one attached hydrogen (secondary N) is 1. The molecule has 142 valence electrons. The van der Waals surface area contributed by atoms with E-state index in [4.69, 9.17) is 0 Å². The van der Waals surface area contributed by atoms with E-state index in [0.29, 0.717) is 24.8 Å². The van der Waals surface area contributed by atoms with Gasteiger partial charge in [-0.1, -0.05) is 38.1 Å². The van der Waals surface area contributed by atoms with Crippen LogP contribution >= 0.6 is 11.3 Å². The highest BCUT2D eigenvalue weighted by molar-refractivity contribution is 7.07. The summed E-state index contributed by atoms with van der Waals surface area (Å²) in [6.07, 6.45) is 0. The van der Waals surface area contributed by atoms with Crippen LogP contribution < -0.4 is 5.32 Å². The summed E-state index contributed by atoms with van der Waals surface area (Å²) in [5, 5.41) is 19.7. The number of aromatic nitrogens is 4. The molecule has 1 amide bonds. The highest BCUT2D eigenvalue weighted by Gasteiger charge is 2.29. The van der Waals surface area contributed by atoms with Gasteiger partial charge >= 0.3 is 0 Å². The van der Waals surface area contributed by atoms with Crippen LogP contribution in [0.25, 0.3) is 11.4 Å². The van der Waals surface area contributed by atoms with Gasteiger partial charge in [0.05, 0.1) is 12.0 Å². The van der Waals surface area contributed by atoms with Crippen LogP contribution in [-0.4, -0.2) is 26.1 Å². The first-order valence-corrected chi connectivity index (χ1v) is 9.97. The van der Waals surface area contributed by atoms with Crippen LogP contribution in [0.4, 0.5) is 0 Å². The predicted molar refractivity (Wildman–Crippen MR) is 107 cm³/mol. The van der Waals surface area contributed by atoms with Gasteiger partial charge in [-0.05, 0) is 52.9 Å². The molecule has 3 aromatic rings. The molecule has 1 aromatic carbocycles. The van der Waals surface area contributed by atoms with E-state index in [1.807, 2.05) is 42.8 Å². The van der Waals surface area contributed by atoms with Gasteiger partial charge in [-0.2, -0.15) is 16.1 Å². The molecule has 0 bridgehead atoms. The Bertz CT molecular complexity index is 882. The van der Waals surface area contributed by atoms with Crippen LogP contribution in [0, 0.1) is 5.41 Å². The van der Waals surface area contributed by atoms with E-state index in [1.54, 1.807) is 11.3 Å². The number of nitrogens with zero attached hydrogens (tertiary/aromatic N) is 4. The molecule has 2 aromatic heterocycles. The molecule has 0 aliphatic carbocycles. The molecule has 7 heteroatoms. The van der Waals surface area contributed by atoms with E-state index in [2.05, 4.69) is 46.7 Å². The summed E-state index contributed by atoms with van der Waals surface area (Å²) in [4.78, 5) is 14.0. The highest BCUT2D eigenvalue weighted by atomic mass is 32.1. The van der Waals surface area contributed by atoms with Crippen molar-refractivity contribution in [1.82, 2.24) is 25.5 Å². The molecule has 0 fully saturated rings. The third-order valence-electron chi connectivity index (χ3n) is 4.47. The maximum Gasteiger partial charge on any atom is 0.227 e. The Hall–Kier alpha value is -2.54. The number of carbonyl (C=O) groups excluding carboxylic acids is 1. The summed E-state index contributed by atoms with van der Waals surface area (Å²) < 4.78 is 0. The Balaban J connectivity index is 1.64. The quantitative estimate of drug-likeness (QED) is 0.672. The first kappa shape index (κ1) is 19.2. The lowest BCUT2D eigenvalue weighted by Gasteiger charge is -2.22. The average molecular weight is 384 g/mol. The largest absolute Gasteiger partial charge is 0.351 e. The molecule has 0 aliphatic heterocycles. The molecule has 0 radical (unpaired) electrons. The van der Waals surface area contributed by atoms with Crippen LogP contribution in [0.5, 0.6) is 0 Å². The fraction of sp³-hybridized carbons (Fsp3) is 0.400. The molecular formula is C20H25N5OS. The van der Waals surface area contributed by atoms with Gasteiger partial charge in [0, 0.05) is 12.1 Å². The standard InChI is InChI=1S/C20H25N5OS/c1-14(2)16-5-7-17(8-6-16)18-22-24-25(23-18)13-20(3,4)19(26)21-11-15-9-10-27-12-15/h5-10,12,14H,11,13H2,1-4H3,(H,21,26). The Morgan fingerprint density at radius 3 is 2.59 bits per heavy atom. The van der Waals surface area contributed by atoms with Crippen molar-refractivity contribution >= 4 is 17.2 Å². The van der Waals surface area contributed by atoms with Crippen molar-refractivity contribution in [2.24, 2.45) is 5.41 Å². The van der Waals surface area contributed by atoms with Crippen LogP contribution in [-0.2, 0) is 17.9 Å². The molecule has 2 heterocycles. The van der Waals surface area contributed by atoms with Gasteiger partial charge in [0.25, 0.3) is 0 Å². The van der Waals surface area contributed by atoms with Crippen molar-refractivity contribution in [3.05, 3.63) is 52.2 Å². The first-order chi connectivity index (χ1) is 12.8. The van der Waals surface area contributed by atoms with Crippen LogP contribution in [0.2, 0.25) is 0 Å². The Kier molecular flexibility index (Phi) is 5.70. The van der Waals surface area contributed by atoms with E-state index < -0.39 is 5.41 Å². The Morgan fingerprint density at radius 1 is 1.22 bits per heavy atom. The van der Waals surface area contributed by atoms with E-state index in [-0.39, 0.29) is 5.91 Å². The minimum absolute atomic E-state index is 0.0335. The number of tetrazole rings is 1. The first-order valence-electron chi connectivity index (χ1n) is 9.03. The molecule has 0 saturated heterocycles. The predicted octanol–water partition coefficient (Wildman–Crippen LogP) is 3.87. The fourth-order valence-corrected chi connectivity index (χ4v) is 3.35. The normalized spacial score (nSPS) is 11.7. The number of rotatable bonds is 7. The summed E-state index contributed by atoms with van der Waals surface area (Å²) in [5.74, 6) is 1.02. The van der Waals surface area contributed by atoms with Gasteiger partial charge in [-0.15, -0.1) is 10.2 Å². The van der Waals surface area contributed by atoms with Crippen molar-refractivity contribution in [3.8, 4) is 11.4 Å². The van der Waals surface area contributed by atoms with Gasteiger partial charge in [0.15, 0.2) is 0 Å². The smallest absolute Gasteiger partial charge is 0.227 e. The molecule has 0 unspecified atom stereocenters. The number of hydrogen-bond donors (Lipinski definition) is 1. The van der Waals surface area contributed by atoms with Crippen molar-refractivity contribution in [3.63, 3.8) is 0 Å². The second-order valence-electron chi connectivity index (χ2n) is 7.62. The van der Waals surface area contributed by atoms with Gasteiger partial charge in [-0.3, -0.25) is 4.79 Å². The van der Waals surface area contributed by atoms with Crippen LogP contribution in [0.15, 0.2) is 41.1 Å². The minimum atomic E-state index is -0.643. The Labute approximate surface area is 163 Å². The number of hydrogen-bond acceptors (Lipinski definition) is 5. The zero-order chi connectivity index (χ0) is 19.4. The van der Waals surface area contributed by atoms with Crippen molar-refractivity contribution in [1.29, 1.82) is 0 Å². The molecule has 6 nitrogen and oxygen atoms in total. The molecule has 27 heavy (non-hydrogen) atoms. The highest BCUT2D eigenvalue weighted by Crippen LogP contribution is 2.21. The van der Waals surface area contributed by atoms with E-state index in [9.17, 15) is 4.79 Å². The SMILES string of the molecule is CC(C)c1ccc(-c2nnn(CC(C)(C)C(=O)NCc3ccsc3)n2)cc1. The zero-order valence-electron chi connectivity index (χ0n) is 16.1. The molecular weight excluding hydrogens is 358 g/mol. The van der Waals surface area contributed by atoms with E-state index in [1.165, 1.54) is 10.4 Å². The van der Waals surface area contributed by atoms with Crippen molar-refractivity contribution < 1.29 is 4.79 Å². The summed E-state index contributed by atoms with van der Waals surface area (Å²) in [7, 11) is 0. The maximum atomic E-state index is 12.5.